The Hall–Kier alpha value is -2.61. The lowest BCUT2D eigenvalue weighted by atomic mass is 10.2. The summed E-state index contributed by atoms with van der Waals surface area (Å²) in [6.07, 6.45) is 1.63. The third kappa shape index (κ3) is 2.38. The molecule has 2 rings (SSSR count). The van der Waals surface area contributed by atoms with E-state index in [0.717, 1.165) is 5.56 Å². The Balaban J connectivity index is 2.34. The first-order valence-corrected chi connectivity index (χ1v) is 5.29. The number of hydrogen-bond donors (Lipinski definition) is 2. The molecule has 0 radical (unpaired) electrons. The van der Waals surface area contributed by atoms with Crippen LogP contribution in [-0.2, 0) is 0 Å². The van der Waals surface area contributed by atoms with Crippen molar-refractivity contribution in [3.63, 3.8) is 0 Å². The van der Waals surface area contributed by atoms with Crippen LogP contribution in [0.4, 0.5) is 21.6 Å². The highest BCUT2D eigenvalue weighted by atomic mass is 19.1. The highest BCUT2D eigenvalue weighted by Crippen LogP contribution is 2.22. The number of nitrogen functional groups attached to an aromatic ring is 1. The van der Waals surface area contributed by atoms with Crippen LogP contribution < -0.4 is 11.1 Å². The number of nitrogens with zero attached hydrogens (tertiary/aromatic N) is 2. The van der Waals surface area contributed by atoms with Gasteiger partial charge in [0.15, 0.2) is 0 Å². The number of aryl methyl sites for hydroxylation is 1. The van der Waals surface area contributed by atoms with Gasteiger partial charge in [-0.3, -0.25) is 0 Å². The van der Waals surface area contributed by atoms with Crippen molar-refractivity contribution in [3.05, 3.63) is 47.4 Å². The summed E-state index contributed by atoms with van der Waals surface area (Å²) in [5.74, 6) is 0.0645. The monoisotopic (exact) mass is 242 g/mol. The first kappa shape index (κ1) is 11.9. The molecule has 0 unspecified atom stereocenters. The molecule has 0 atom stereocenters. The van der Waals surface area contributed by atoms with Crippen molar-refractivity contribution in [2.75, 3.05) is 11.1 Å². The van der Waals surface area contributed by atoms with Crippen LogP contribution in [0.5, 0.6) is 0 Å². The Kier molecular flexibility index (Phi) is 3.11. The summed E-state index contributed by atoms with van der Waals surface area (Å²) >= 11 is 0. The van der Waals surface area contributed by atoms with Gasteiger partial charge in [0.05, 0.1) is 11.3 Å². The molecule has 1 aromatic heterocycles. The van der Waals surface area contributed by atoms with Gasteiger partial charge in [-0.2, -0.15) is 5.26 Å². The lowest BCUT2D eigenvalue weighted by Gasteiger charge is -2.09. The largest absolute Gasteiger partial charge is 0.398 e. The summed E-state index contributed by atoms with van der Waals surface area (Å²) in [5, 5.41) is 11.9. The minimum absolute atomic E-state index is 0.218. The number of hydrogen-bond acceptors (Lipinski definition) is 4. The van der Waals surface area contributed by atoms with Crippen molar-refractivity contribution in [1.29, 1.82) is 5.26 Å². The number of rotatable bonds is 2. The van der Waals surface area contributed by atoms with E-state index < -0.39 is 5.82 Å². The second-order valence-electron chi connectivity index (χ2n) is 3.85. The summed E-state index contributed by atoms with van der Waals surface area (Å²) in [7, 11) is 0. The van der Waals surface area contributed by atoms with Crippen LogP contribution in [0.25, 0.3) is 0 Å². The zero-order valence-electron chi connectivity index (χ0n) is 9.74. The molecule has 2 aromatic rings. The van der Waals surface area contributed by atoms with Gasteiger partial charge < -0.3 is 11.1 Å². The summed E-state index contributed by atoms with van der Waals surface area (Å²) in [6, 6.07) is 7.52. The third-order valence-electron chi connectivity index (χ3n) is 2.51. The molecule has 0 aliphatic carbocycles. The molecule has 18 heavy (non-hydrogen) atoms. The number of nitrogens with one attached hydrogen (secondary N) is 1. The predicted octanol–water partition coefficient (Wildman–Crippen LogP) is 2.73. The molecule has 0 aliphatic heterocycles. The maximum absolute atomic E-state index is 13.0. The molecule has 0 bridgehead atoms. The minimum Gasteiger partial charge on any atom is -0.398 e. The number of halogens is 1. The van der Waals surface area contributed by atoms with Crippen molar-refractivity contribution in [2.45, 2.75) is 6.92 Å². The molecular weight excluding hydrogens is 231 g/mol. The summed E-state index contributed by atoms with van der Waals surface area (Å²) in [6.45, 7) is 1.85. The van der Waals surface area contributed by atoms with Crippen LogP contribution in [0, 0.1) is 24.1 Å². The van der Waals surface area contributed by atoms with E-state index in [1.54, 1.807) is 12.3 Å². The molecular formula is C13H11FN4. The van der Waals surface area contributed by atoms with Crippen molar-refractivity contribution < 1.29 is 4.39 Å². The van der Waals surface area contributed by atoms with Crippen molar-refractivity contribution in [3.8, 4) is 6.07 Å². The Morgan fingerprint density at radius 2 is 2.17 bits per heavy atom. The maximum atomic E-state index is 13.0. The second-order valence-corrected chi connectivity index (χ2v) is 3.85. The number of pyridine rings is 1. The van der Waals surface area contributed by atoms with E-state index >= 15 is 0 Å². The van der Waals surface area contributed by atoms with Gasteiger partial charge in [0.2, 0.25) is 0 Å². The molecule has 4 nitrogen and oxygen atoms in total. The fourth-order valence-electron chi connectivity index (χ4n) is 1.46. The summed E-state index contributed by atoms with van der Waals surface area (Å²) < 4.78 is 13.0. The molecule has 0 aliphatic rings. The molecule has 5 heteroatoms. The van der Waals surface area contributed by atoms with Gasteiger partial charge in [0, 0.05) is 18.0 Å². The van der Waals surface area contributed by atoms with Crippen molar-refractivity contribution >= 4 is 17.2 Å². The quantitative estimate of drug-likeness (QED) is 0.849. The van der Waals surface area contributed by atoms with Gasteiger partial charge in [-0.25, -0.2) is 9.37 Å². The van der Waals surface area contributed by atoms with Gasteiger partial charge in [-0.1, -0.05) is 0 Å². The fraction of sp³-hybridized carbons (Fsp3) is 0.0769. The summed E-state index contributed by atoms with van der Waals surface area (Å²) in [5.41, 5.74) is 7.96. The molecule has 1 heterocycles. The molecule has 1 aromatic carbocycles. The Labute approximate surface area is 104 Å². The van der Waals surface area contributed by atoms with E-state index in [4.69, 9.17) is 11.0 Å². The number of benzene rings is 1. The maximum Gasteiger partial charge on any atom is 0.132 e. The standard InChI is InChI=1S/C13H11FN4/c1-8-7-17-13(5-11(8)16)18-12-3-2-10(14)4-9(12)6-15/h2-5,7H,1H3,(H3,16,17,18). The Morgan fingerprint density at radius 3 is 2.83 bits per heavy atom. The van der Waals surface area contributed by atoms with Gasteiger partial charge in [-0.05, 0) is 30.7 Å². The smallest absolute Gasteiger partial charge is 0.132 e. The lowest BCUT2D eigenvalue weighted by Crippen LogP contribution is -1.99. The fourth-order valence-corrected chi connectivity index (χ4v) is 1.46. The molecule has 0 fully saturated rings. The number of nitrogens with two attached hydrogens (primary N) is 1. The van der Waals surface area contributed by atoms with Gasteiger partial charge >= 0.3 is 0 Å². The van der Waals surface area contributed by atoms with Gasteiger partial charge in [0.25, 0.3) is 0 Å². The number of nitriles is 1. The highest BCUT2D eigenvalue weighted by Gasteiger charge is 2.05. The van der Waals surface area contributed by atoms with E-state index in [0.29, 0.717) is 17.2 Å². The van der Waals surface area contributed by atoms with E-state index in [9.17, 15) is 4.39 Å². The zero-order valence-corrected chi connectivity index (χ0v) is 9.74. The summed E-state index contributed by atoms with van der Waals surface area (Å²) in [4.78, 5) is 4.14. The van der Waals surface area contributed by atoms with E-state index in [2.05, 4.69) is 10.3 Å². The van der Waals surface area contributed by atoms with E-state index in [-0.39, 0.29) is 5.56 Å². The molecule has 3 N–H and O–H groups in total. The van der Waals surface area contributed by atoms with Crippen LogP contribution in [-0.4, -0.2) is 4.98 Å². The highest BCUT2D eigenvalue weighted by molar-refractivity contribution is 5.66. The van der Waals surface area contributed by atoms with E-state index in [1.807, 2.05) is 13.0 Å². The molecule has 0 amide bonds. The number of anilines is 3. The van der Waals surface area contributed by atoms with Gasteiger partial charge in [0.1, 0.15) is 17.7 Å². The average Bonchev–Trinajstić information content (AvgIpc) is 2.36. The van der Waals surface area contributed by atoms with E-state index in [1.165, 1.54) is 18.2 Å². The SMILES string of the molecule is Cc1cnc(Nc2ccc(F)cc2C#N)cc1N. The number of aromatic nitrogens is 1. The second kappa shape index (κ2) is 4.72. The minimum atomic E-state index is -0.450. The van der Waals surface area contributed by atoms with Crippen LogP contribution in [0.1, 0.15) is 11.1 Å². The van der Waals surface area contributed by atoms with Gasteiger partial charge in [-0.15, -0.1) is 0 Å². The first-order chi connectivity index (χ1) is 8.60. The van der Waals surface area contributed by atoms with Crippen molar-refractivity contribution in [1.82, 2.24) is 4.98 Å². The lowest BCUT2D eigenvalue weighted by molar-refractivity contribution is 0.627. The average molecular weight is 242 g/mol. The van der Waals surface area contributed by atoms with Crippen molar-refractivity contribution in [2.24, 2.45) is 0 Å². The normalized spacial score (nSPS) is 9.83. The van der Waals surface area contributed by atoms with Crippen LogP contribution in [0.15, 0.2) is 30.5 Å². The first-order valence-electron chi connectivity index (χ1n) is 5.29. The Morgan fingerprint density at radius 1 is 1.39 bits per heavy atom. The molecule has 0 saturated heterocycles. The molecule has 0 saturated carbocycles. The molecule has 0 spiro atoms. The van der Waals surface area contributed by atoms with Crippen LogP contribution in [0.2, 0.25) is 0 Å². The Bertz CT molecular complexity index is 631. The zero-order chi connectivity index (χ0) is 13.1. The third-order valence-corrected chi connectivity index (χ3v) is 2.51. The topological polar surface area (TPSA) is 74.7 Å². The van der Waals surface area contributed by atoms with Crippen LogP contribution >= 0.6 is 0 Å². The predicted molar refractivity (Wildman–Crippen MR) is 67.8 cm³/mol. The molecule has 90 valence electrons. The van der Waals surface area contributed by atoms with Crippen LogP contribution in [0.3, 0.4) is 0 Å².